The number of nitrogens with zero attached hydrogens (tertiary/aromatic N) is 2. The normalized spacial score (nSPS) is 18.5. The van der Waals surface area contributed by atoms with Gasteiger partial charge >= 0.3 is 5.97 Å². The van der Waals surface area contributed by atoms with Gasteiger partial charge in [-0.3, -0.25) is 4.90 Å². The molecular formula is C21H26N2O4. The predicted molar refractivity (Wildman–Crippen MR) is 104 cm³/mol. The highest BCUT2D eigenvalue weighted by atomic mass is 16.5. The maximum Gasteiger partial charge on any atom is 0.329 e. The van der Waals surface area contributed by atoms with Crippen LogP contribution in [0.25, 0.3) is 0 Å². The van der Waals surface area contributed by atoms with Gasteiger partial charge in [0.25, 0.3) is 0 Å². The van der Waals surface area contributed by atoms with E-state index in [0.29, 0.717) is 12.6 Å². The van der Waals surface area contributed by atoms with Crippen LogP contribution in [0.2, 0.25) is 0 Å². The second kappa shape index (κ2) is 8.52. The monoisotopic (exact) mass is 370 g/mol. The number of para-hydroxylation sites is 1. The quantitative estimate of drug-likeness (QED) is 0.811. The van der Waals surface area contributed by atoms with Gasteiger partial charge in [0.1, 0.15) is 6.61 Å². The Bertz CT molecular complexity index is 795. The number of carboxylic acid groups (broad SMARTS) is 1. The molecule has 0 amide bonds. The van der Waals surface area contributed by atoms with E-state index in [9.17, 15) is 4.79 Å². The van der Waals surface area contributed by atoms with Crippen molar-refractivity contribution in [3.63, 3.8) is 0 Å². The summed E-state index contributed by atoms with van der Waals surface area (Å²) in [6, 6.07) is 17.8. The molecule has 2 aliphatic rings. The van der Waals surface area contributed by atoms with Crippen LogP contribution in [0.15, 0.2) is 48.5 Å². The Hall–Kier alpha value is -2.41. The van der Waals surface area contributed by atoms with Crippen LogP contribution in [0.4, 0.5) is 5.69 Å². The van der Waals surface area contributed by atoms with Gasteiger partial charge in [0.2, 0.25) is 0 Å². The molecule has 4 rings (SSSR count). The Kier molecular flexibility index (Phi) is 6.11. The highest BCUT2D eigenvalue weighted by molar-refractivity contribution is 5.68. The van der Waals surface area contributed by atoms with Crippen molar-refractivity contribution in [3.05, 3.63) is 65.2 Å². The molecule has 0 bridgehead atoms. The Morgan fingerprint density at radius 3 is 2.63 bits per heavy atom. The van der Waals surface area contributed by atoms with Crippen molar-refractivity contribution in [2.45, 2.75) is 12.5 Å². The van der Waals surface area contributed by atoms with Crippen molar-refractivity contribution in [1.29, 1.82) is 0 Å². The molecule has 0 spiro atoms. The lowest BCUT2D eigenvalue weighted by molar-refractivity contribution is -0.142. The molecule has 2 aromatic rings. The highest BCUT2D eigenvalue weighted by Crippen LogP contribution is 2.38. The summed E-state index contributed by atoms with van der Waals surface area (Å²) in [5.41, 5.74) is 5.53. The van der Waals surface area contributed by atoms with Gasteiger partial charge in [-0.2, -0.15) is 0 Å². The lowest BCUT2D eigenvalue weighted by Gasteiger charge is -2.43. The van der Waals surface area contributed by atoms with Crippen molar-refractivity contribution < 1.29 is 20.1 Å². The smallest absolute Gasteiger partial charge is 0.329 e. The van der Waals surface area contributed by atoms with E-state index in [4.69, 9.17) is 9.84 Å². The molecule has 0 aromatic heterocycles. The molecule has 27 heavy (non-hydrogen) atoms. The average Bonchev–Trinajstić information content (AvgIpc) is 2.79. The summed E-state index contributed by atoms with van der Waals surface area (Å²) in [5, 5.41) is 8.69. The summed E-state index contributed by atoms with van der Waals surface area (Å²) in [6.45, 7) is 3.86. The number of rotatable bonds is 5. The van der Waals surface area contributed by atoms with E-state index in [-0.39, 0.29) is 12.1 Å². The first-order valence-electron chi connectivity index (χ1n) is 9.16. The number of anilines is 1. The van der Waals surface area contributed by atoms with Crippen LogP contribution >= 0.6 is 0 Å². The van der Waals surface area contributed by atoms with Crippen LogP contribution in [0.3, 0.4) is 0 Å². The first-order chi connectivity index (χ1) is 12.7. The molecule has 2 aromatic carbocycles. The third-order valence-electron chi connectivity index (χ3n) is 5.34. The van der Waals surface area contributed by atoms with E-state index in [1.807, 2.05) is 0 Å². The zero-order chi connectivity index (χ0) is 17.9. The lowest BCUT2D eigenvalue weighted by atomic mass is 9.96. The number of hydrogen-bond acceptors (Lipinski definition) is 4. The number of aliphatic carboxylic acids is 1. The number of carbonyl (C=O) groups is 1. The summed E-state index contributed by atoms with van der Waals surface area (Å²) in [7, 11) is 0. The van der Waals surface area contributed by atoms with Gasteiger partial charge in [-0.05, 0) is 29.2 Å². The number of ether oxygens (including phenoxy) is 1. The summed E-state index contributed by atoms with van der Waals surface area (Å²) < 4.78 is 5.23. The van der Waals surface area contributed by atoms with Crippen LogP contribution in [0, 0.1) is 0 Å². The van der Waals surface area contributed by atoms with Crippen LogP contribution in [-0.2, 0) is 16.0 Å². The first-order valence-corrected chi connectivity index (χ1v) is 9.16. The fourth-order valence-corrected chi connectivity index (χ4v) is 4.12. The van der Waals surface area contributed by atoms with Crippen molar-refractivity contribution in [2.75, 3.05) is 44.3 Å². The SMILES string of the molecule is O.O=C(O)COCCN1CCN2c3ccccc3Cc3ccccc3[C@@H]2C1. The molecule has 0 aliphatic carbocycles. The Labute approximate surface area is 159 Å². The third-order valence-corrected chi connectivity index (χ3v) is 5.34. The molecule has 2 heterocycles. The van der Waals surface area contributed by atoms with Crippen LogP contribution in [-0.4, -0.2) is 60.8 Å². The Balaban J connectivity index is 0.00000210. The molecule has 6 heteroatoms. The van der Waals surface area contributed by atoms with E-state index in [1.165, 1.54) is 22.4 Å². The maximum atomic E-state index is 10.6. The van der Waals surface area contributed by atoms with Crippen LogP contribution in [0.5, 0.6) is 0 Å². The molecule has 1 atom stereocenters. The minimum atomic E-state index is -0.913. The van der Waals surface area contributed by atoms with E-state index < -0.39 is 5.97 Å². The summed E-state index contributed by atoms with van der Waals surface area (Å²) >= 11 is 0. The molecule has 0 unspecified atom stereocenters. The Morgan fingerprint density at radius 1 is 1.07 bits per heavy atom. The minimum Gasteiger partial charge on any atom is -0.480 e. The number of benzene rings is 2. The number of piperazine rings is 1. The standard InChI is InChI=1S/C21H24N2O3.H2O/c24-21(25)15-26-12-11-22-9-10-23-19-8-4-2-6-17(19)13-16-5-1-3-7-18(16)20(23)14-22;/h1-8,20H,9-15H2,(H,24,25);1H2/t20-;/m0./s1. The summed E-state index contributed by atoms with van der Waals surface area (Å²) in [4.78, 5) is 15.5. The second-order valence-electron chi connectivity index (χ2n) is 6.96. The van der Waals surface area contributed by atoms with E-state index >= 15 is 0 Å². The molecule has 0 radical (unpaired) electrons. The van der Waals surface area contributed by atoms with Crippen molar-refractivity contribution in [2.24, 2.45) is 0 Å². The van der Waals surface area contributed by atoms with Gasteiger partial charge in [0, 0.05) is 31.9 Å². The van der Waals surface area contributed by atoms with Crippen molar-refractivity contribution in [1.82, 2.24) is 4.90 Å². The van der Waals surface area contributed by atoms with E-state index in [0.717, 1.165) is 32.6 Å². The number of fused-ring (bicyclic) bond motifs is 5. The fourth-order valence-electron chi connectivity index (χ4n) is 4.12. The van der Waals surface area contributed by atoms with Gasteiger partial charge in [-0.15, -0.1) is 0 Å². The average molecular weight is 370 g/mol. The molecule has 6 nitrogen and oxygen atoms in total. The molecule has 144 valence electrons. The van der Waals surface area contributed by atoms with Gasteiger partial charge < -0.3 is 20.2 Å². The number of carboxylic acids is 1. The molecule has 1 fully saturated rings. The second-order valence-corrected chi connectivity index (χ2v) is 6.96. The van der Waals surface area contributed by atoms with Crippen LogP contribution in [0.1, 0.15) is 22.7 Å². The molecule has 1 saturated heterocycles. The lowest BCUT2D eigenvalue weighted by Crippen LogP contribution is -2.49. The third kappa shape index (κ3) is 4.13. The van der Waals surface area contributed by atoms with Gasteiger partial charge in [-0.1, -0.05) is 42.5 Å². The highest BCUT2D eigenvalue weighted by Gasteiger charge is 2.32. The molecule has 2 aliphatic heterocycles. The van der Waals surface area contributed by atoms with Gasteiger partial charge in [0.05, 0.1) is 12.6 Å². The largest absolute Gasteiger partial charge is 0.480 e. The summed E-state index contributed by atoms with van der Waals surface area (Å²) in [6.07, 6.45) is 0.973. The molecule has 0 saturated carbocycles. The topological polar surface area (TPSA) is 84.5 Å². The van der Waals surface area contributed by atoms with E-state index in [1.54, 1.807) is 0 Å². The zero-order valence-corrected chi connectivity index (χ0v) is 15.3. The van der Waals surface area contributed by atoms with Crippen molar-refractivity contribution in [3.8, 4) is 0 Å². The first kappa shape index (κ1) is 19.4. The van der Waals surface area contributed by atoms with Gasteiger partial charge in [-0.25, -0.2) is 4.79 Å². The molecular weight excluding hydrogens is 344 g/mol. The predicted octanol–water partition coefficient (Wildman–Crippen LogP) is 1.73. The fraction of sp³-hybridized carbons (Fsp3) is 0.381. The van der Waals surface area contributed by atoms with Gasteiger partial charge in [0.15, 0.2) is 0 Å². The van der Waals surface area contributed by atoms with Crippen LogP contribution < -0.4 is 4.90 Å². The maximum absolute atomic E-state index is 10.6. The zero-order valence-electron chi connectivity index (χ0n) is 15.3. The molecule has 3 N–H and O–H groups in total. The van der Waals surface area contributed by atoms with E-state index in [2.05, 4.69) is 58.3 Å². The number of hydrogen-bond donors (Lipinski definition) is 1. The van der Waals surface area contributed by atoms with Crippen molar-refractivity contribution >= 4 is 11.7 Å². The summed E-state index contributed by atoms with van der Waals surface area (Å²) in [5.74, 6) is -0.913. The minimum absolute atomic E-state index is 0. The Morgan fingerprint density at radius 2 is 1.81 bits per heavy atom.